The number of pyridine rings is 1. The molecule has 4 aromatic rings. The van der Waals surface area contributed by atoms with Gasteiger partial charge in [0.1, 0.15) is 11.5 Å². The van der Waals surface area contributed by atoms with Gasteiger partial charge in [-0.2, -0.15) is 4.39 Å². The van der Waals surface area contributed by atoms with Crippen LogP contribution in [0.4, 0.5) is 4.39 Å². The summed E-state index contributed by atoms with van der Waals surface area (Å²) in [5.74, 6) is 0.604. The number of thiazole rings is 1. The van der Waals surface area contributed by atoms with Crippen LogP contribution in [0.15, 0.2) is 35.8 Å². The third-order valence-electron chi connectivity index (χ3n) is 3.09. The van der Waals surface area contributed by atoms with E-state index in [0.29, 0.717) is 11.5 Å². The first-order chi connectivity index (χ1) is 10.2. The number of nitrogens with zero attached hydrogens (tertiary/aromatic N) is 2. The monoisotopic (exact) mass is 316 g/mol. The Morgan fingerprint density at radius 2 is 2.14 bits per heavy atom. The number of aromatic nitrogens is 2. The zero-order valence-corrected chi connectivity index (χ0v) is 12.6. The Balaban J connectivity index is 1.92. The topological polar surface area (TPSA) is 35.0 Å². The molecule has 0 saturated heterocycles. The largest absolute Gasteiger partial charge is 0.456 e. The van der Waals surface area contributed by atoms with E-state index in [0.717, 1.165) is 25.3 Å². The summed E-state index contributed by atoms with van der Waals surface area (Å²) < 4.78 is 21.2. The normalized spacial score (nSPS) is 11.3. The molecule has 21 heavy (non-hydrogen) atoms. The zero-order valence-electron chi connectivity index (χ0n) is 11.0. The van der Waals surface area contributed by atoms with Crippen molar-refractivity contribution in [1.29, 1.82) is 0 Å². The highest BCUT2D eigenvalue weighted by molar-refractivity contribution is 7.21. The molecule has 3 aromatic heterocycles. The Morgan fingerprint density at radius 1 is 1.24 bits per heavy atom. The van der Waals surface area contributed by atoms with Gasteiger partial charge in [-0.05, 0) is 24.4 Å². The van der Waals surface area contributed by atoms with Crippen LogP contribution in [0.25, 0.3) is 20.3 Å². The smallest absolute Gasteiger partial charge is 0.216 e. The Hall–Kier alpha value is -2.05. The molecule has 3 heterocycles. The summed E-state index contributed by atoms with van der Waals surface area (Å²) in [6, 6.07) is 6.89. The molecule has 0 aliphatic carbocycles. The Kier molecular flexibility index (Phi) is 2.87. The summed E-state index contributed by atoms with van der Waals surface area (Å²) in [7, 11) is 0. The fourth-order valence-electron chi connectivity index (χ4n) is 2.25. The van der Waals surface area contributed by atoms with Crippen molar-refractivity contribution in [3.05, 3.63) is 46.8 Å². The van der Waals surface area contributed by atoms with Gasteiger partial charge >= 0.3 is 0 Å². The van der Waals surface area contributed by atoms with Crippen LogP contribution in [0.2, 0.25) is 0 Å². The molecule has 0 aliphatic rings. The maximum absolute atomic E-state index is 13.2. The van der Waals surface area contributed by atoms with Crippen molar-refractivity contribution in [2.24, 2.45) is 0 Å². The van der Waals surface area contributed by atoms with Gasteiger partial charge in [-0.15, -0.1) is 22.7 Å². The van der Waals surface area contributed by atoms with E-state index in [-0.39, 0.29) is 0 Å². The van der Waals surface area contributed by atoms with Crippen LogP contribution in [0.3, 0.4) is 0 Å². The number of aryl methyl sites for hydroxylation is 1. The van der Waals surface area contributed by atoms with Crippen LogP contribution < -0.4 is 4.74 Å². The molecule has 0 atom stereocenters. The third kappa shape index (κ3) is 2.16. The fourth-order valence-corrected chi connectivity index (χ4v) is 4.08. The van der Waals surface area contributed by atoms with E-state index in [1.165, 1.54) is 12.3 Å². The Morgan fingerprint density at radius 3 is 3.00 bits per heavy atom. The SMILES string of the molecule is Cc1nc2c(cc(Oc3ccnc(F)c3)c3ccsc32)s1. The minimum Gasteiger partial charge on any atom is -0.456 e. The van der Waals surface area contributed by atoms with Crippen LogP contribution in [0, 0.1) is 12.9 Å². The molecule has 4 rings (SSSR count). The molecule has 0 spiro atoms. The molecule has 0 amide bonds. The number of hydrogen-bond acceptors (Lipinski definition) is 5. The summed E-state index contributed by atoms with van der Waals surface area (Å²) in [6.45, 7) is 1.99. The number of fused-ring (bicyclic) bond motifs is 3. The first-order valence-electron chi connectivity index (χ1n) is 6.27. The van der Waals surface area contributed by atoms with Crippen LogP contribution in [-0.2, 0) is 0 Å². The molecule has 0 fully saturated rings. The van der Waals surface area contributed by atoms with Crippen LogP contribution in [0.1, 0.15) is 5.01 Å². The molecule has 0 bridgehead atoms. The van der Waals surface area contributed by atoms with Crippen molar-refractivity contribution in [2.45, 2.75) is 6.92 Å². The molecule has 1 aromatic carbocycles. The van der Waals surface area contributed by atoms with E-state index in [1.54, 1.807) is 28.7 Å². The molecular weight excluding hydrogens is 307 g/mol. The Bertz CT molecular complexity index is 961. The molecule has 104 valence electrons. The second kappa shape index (κ2) is 4.75. The van der Waals surface area contributed by atoms with E-state index < -0.39 is 5.95 Å². The van der Waals surface area contributed by atoms with E-state index in [9.17, 15) is 4.39 Å². The van der Waals surface area contributed by atoms with Crippen molar-refractivity contribution in [2.75, 3.05) is 0 Å². The van der Waals surface area contributed by atoms with Crippen LogP contribution >= 0.6 is 22.7 Å². The predicted octanol–water partition coefficient (Wildman–Crippen LogP) is 5.15. The minimum absolute atomic E-state index is 0.440. The lowest BCUT2D eigenvalue weighted by Crippen LogP contribution is -1.88. The standard InChI is InChI=1S/C15H9FN2OS2/c1-8-18-14-12(21-8)7-11(10-3-5-20-15(10)14)19-9-2-4-17-13(16)6-9/h2-7H,1H3. The summed E-state index contributed by atoms with van der Waals surface area (Å²) in [5.41, 5.74) is 1.01. The number of halogens is 1. The quantitative estimate of drug-likeness (QED) is 0.480. The highest BCUT2D eigenvalue weighted by atomic mass is 32.1. The fraction of sp³-hybridized carbons (Fsp3) is 0.0667. The lowest BCUT2D eigenvalue weighted by molar-refractivity contribution is 0.478. The van der Waals surface area contributed by atoms with Gasteiger partial charge < -0.3 is 4.74 Å². The Labute approximate surface area is 127 Å². The lowest BCUT2D eigenvalue weighted by atomic mass is 10.2. The molecule has 0 radical (unpaired) electrons. The summed E-state index contributed by atoms with van der Waals surface area (Å²) in [5, 5.41) is 4.03. The summed E-state index contributed by atoms with van der Waals surface area (Å²) in [6.07, 6.45) is 1.39. The first kappa shape index (κ1) is 12.7. The average Bonchev–Trinajstić information content (AvgIpc) is 3.04. The van der Waals surface area contributed by atoms with Crippen molar-refractivity contribution < 1.29 is 9.13 Å². The van der Waals surface area contributed by atoms with Gasteiger partial charge in [0.2, 0.25) is 5.95 Å². The molecule has 0 unspecified atom stereocenters. The first-order valence-corrected chi connectivity index (χ1v) is 7.97. The van der Waals surface area contributed by atoms with E-state index in [1.807, 2.05) is 24.4 Å². The highest BCUT2D eigenvalue weighted by Crippen LogP contribution is 2.40. The molecule has 3 nitrogen and oxygen atoms in total. The molecule has 6 heteroatoms. The molecule has 0 aliphatic heterocycles. The molecule has 0 saturated carbocycles. The predicted molar refractivity (Wildman–Crippen MR) is 84.0 cm³/mol. The summed E-state index contributed by atoms with van der Waals surface area (Å²) in [4.78, 5) is 8.11. The van der Waals surface area contributed by atoms with Crippen LogP contribution in [0.5, 0.6) is 11.5 Å². The molecular formula is C15H9FN2OS2. The highest BCUT2D eigenvalue weighted by Gasteiger charge is 2.13. The number of thiophene rings is 1. The van der Waals surface area contributed by atoms with Crippen LogP contribution in [-0.4, -0.2) is 9.97 Å². The van der Waals surface area contributed by atoms with Gasteiger partial charge in [0.15, 0.2) is 0 Å². The van der Waals surface area contributed by atoms with Gasteiger partial charge in [-0.25, -0.2) is 9.97 Å². The lowest BCUT2D eigenvalue weighted by Gasteiger charge is -2.07. The second-order valence-electron chi connectivity index (χ2n) is 4.53. The van der Waals surface area contributed by atoms with Gasteiger partial charge in [0.25, 0.3) is 0 Å². The minimum atomic E-state index is -0.552. The van der Waals surface area contributed by atoms with E-state index >= 15 is 0 Å². The third-order valence-corrected chi connectivity index (χ3v) is 4.93. The summed E-state index contributed by atoms with van der Waals surface area (Å²) >= 11 is 3.26. The van der Waals surface area contributed by atoms with Gasteiger partial charge in [-0.3, -0.25) is 0 Å². The van der Waals surface area contributed by atoms with Crippen molar-refractivity contribution in [3.8, 4) is 11.5 Å². The van der Waals surface area contributed by atoms with Crippen molar-refractivity contribution in [3.63, 3.8) is 0 Å². The van der Waals surface area contributed by atoms with Gasteiger partial charge in [0, 0.05) is 23.7 Å². The zero-order chi connectivity index (χ0) is 14.4. The van der Waals surface area contributed by atoms with Crippen molar-refractivity contribution in [1.82, 2.24) is 9.97 Å². The second-order valence-corrected chi connectivity index (χ2v) is 6.68. The average molecular weight is 316 g/mol. The maximum atomic E-state index is 13.2. The van der Waals surface area contributed by atoms with Gasteiger partial charge in [-0.1, -0.05) is 0 Å². The number of ether oxygens (including phenoxy) is 1. The number of benzene rings is 1. The number of hydrogen-bond donors (Lipinski definition) is 0. The van der Waals surface area contributed by atoms with Gasteiger partial charge in [0.05, 0.1) is 19.9 Å². The van der Waals surface area contributed by atoms with E-state index in [2.05, 4.69) is 9.97 Å². The molecule has 0 N–H and O–H groups in total. The van der Waals surface area contributed by atoms with Crippen molar-refractivity contribution >= 4 is 43.0 Å². The number of rotatable bonds is 2. The maximum Gasteiger partial charge on any atom is 0.216 e. The van der Waals surface area contributed by atoms with E-state index in [4.69, 9.17) is 4.74 Å².